The van der Waals surface area contributed by atoms with Gasteiger partial charge in [-0.15, -0.1) is 0 Å². The number of ether oxygens (including phenoxy) is 1. The van der Waals surface area contributed by atoms with Gasteiger partial charge in [0.25, 0.3) is 0 Å². The van der Waals surface area contributed by atoms with Crippen LogP contribution in [0, 0.1) is 0 Å². The Morgan fingerprint density at radius 3 is 2.00 bits per heavy atom. The second kappa shape index (κ2) is 6.30. The molecule has 3 N–H and O–H groups in total. The Morgan fingerprint density at radius 2 is 1.71 bits per heavy atom. The van der Waals surface area contributed by atoms with Crippen LogP contribution < -0.4 is 5.32 Å². The van der Waals surface area contributed by atoms with Crippen LogP contribution in [0.3, 0.4) is 0 Å². The first-order valence-electron chi connectivity index (χ1n) is 6.75. The molecule has 2 heterocycles. The first kappa shape index (κ1) is 17.2. The summed E-state index contributed by atoms with van der Waals surface area (Å²) in [5, 5.41) is 18.1. The van der Waals surface area contributed by atoms with Crippen molar-refractivity contribution in [1.82, 2.24) is 10.2 Å². The van der Waals surface area contributed by atoms with E-state index in [1.165, 1.54) is 0 Å². The highest BCUT2D eigenvalue weighted by Gasteiger charge is 2.50. The maximum Gasteiger partial charge on any atom is 0.414 e. The fraction of sp³-hybridized carbons (Fsp3) is 0.769. The van der Waals surface area contributed by atoms with Gasteiger partial charge in [-0.1, -0.05) is 0 Å². The third-order valence-corrected chi connectivity index (χ3v) is 3.39. The second-order valence-corrected chi connectivity index (χ2v) is 6.14. The minimum atomic E-state index is -1.82. The molecule has 2 aliphatic heterocycles. The number of likely N-dealkylation sites (tertiary alicyclic amines) is 1. The van der Waals surface area contributed by atoms with Crippen molar-refractivity contribution in [2.24, 2.45) is 0 Å². The highest BCUT2D eigenvalue weighted by molar-refractivity contribution is 6.27. The molecule has 8 nitrogen and oxygen atoms in total. The lowest BCUT2D eigenvalue weighted by atomic mass is 9.84. The minimum absolute atomic E-state index is 0.0718. The number of hydrogen-bond donors (Lipinski definition) is 3. The summed E-state index contributed by atoms with van der Waals surface area (Å²) in [5.41, 5.74) is -0.317. The smallest absolute Gasteiger partial charge is 0.414 e. The maximum atomic E-state index is 11.9. The maximum absolute atomic E-state index is 11.9. The third-order valence-electron chi connectivity index (χ3n) is 3.39. The van der Waals surface area contributed by atoms with E-state index in [1.807, 2.05) is 25.7 Å². The molecule has 1 amide bonds. The average molecular weight is 302 g/mol. The lowest BCUT2D eigenvalue weighted by Crippen LogP contribution is -2.63. The van der Waals surface area contributed by atoms with E-state index in [0.29, 0.717) is 0 Å². The topological polar surface area (TPSA) is 116 Å². The summed E-state index contributed by atoms with van der Waals surface area (Å²) >= 11 is 0. The molecular weight excluding hydrogens is 280 g/mol. The molecule has 0 aromatic carbocycles. The SMILES string of the molecule is CC(C)(C)OC(=O)N1CCC12CCNC2.O=C(O)C(=O)O. The minimum Gasteiger partial charge on any atom is -0.473 e. The normalized spacial score (nSPS) is 23.9. The average Bonchev–Trinajstić information content (AvgIpc) is 2.76. The second-order valence-electron chi connectivity index (χ2n) is 6.14. The number of aliphatic carboxylic acids is 2. The van der Waals surface area contributed by atoms with E-state index in [1.54, 1.807) is 0 Å². The number of carboxylic acids is 2. The first-order valence-corrected chi connectivity index (χ1v) is 6.75. The van der Waals surface area contributed by atoms with Gasteiger partial charge in [-0.3, -0.25) is 0 Å². The lowest BCUT2D eigenvalue weighted by Gasteiger charge is -2.50. The van der Waals surface area contributed by atoms with Crippen LogP contribution in [-0.2, 0) is 14.3 Å². The zero-order valence-corrected chi connectivity index (χ0v) is 12.5. The Bertz CT molecular complexity index is 411. The van der Waals surface area contributed by atoms with Crippen molar-refractivity contribution in [2.75, 3.05) is 19.6 Å². The molecule has 2 saturated heterocycles. The molecule has 2 aliphatic rings. The highest BCUT2D eigenvalue weighted by atomic mass is 16.6. The Morgan fingerprint density at radius 1 is 1.14 bits per heavy atom. The van der Waals surface area contributed by atoms with Gasteiger partial charge in [-0.05, 0) is 40.2 Å². The number of rotatable bonds is 0. The van der Waals surface area contributed by atoms with E-state index in [-0.39, 0.29) is 17.2 Å². The van der Waals surface area contributed by atoms with Gasteiger partial charge in [0.05, 0.1) is 5.54 Å². The molecule has 1 unspecified atom stereocenters. The van der Waals surface area contributed by atoms with Gasteiger partial charge in [0.1, 0.15) is 5.60 Å². The number of nitrogens with zero attached hydrogens (tertiary/aromatic N) is 1. The van der Waals surface area contributed by atoms with Gasteiger partial charge >= 0.3 is 18.0 Å². The zero-order chi connectivity index (χ0) is 16.3. The fourth-order valence-corrected chi connectivity index (χ4v) is 2.32. The number of nitrogens with one attached hydrogen (secondary N) is 1. The zero-order valence-electron chi connectivity index (χ0n) is 12.5. The summed E-state index contributed by atoms with van der Waals surface area (Å²) in [5.74, 6) is -3.65. The highest BCUT2D eigenvalue weighted by Crippen LogP contribution is 2.36. The fourth-order valence-electron chi connectivity index (χ4n) is 2.32. The van der Waals surface area contributed by atoms with Crippen molar-refractivity contribution in [3.8, 4) is 0 Å². The first-order chi connectivity index (χ1) is 9.57. The van der Waals surface area contributed by atoms with Crippen LogP contribution in [0.4, 0.5) is 4.79 Å². The van der Waals surface area contributed by atoms with Crippen LogP contribution in [0.5, 0.6) is 0 Å². The van der Waals surface area contributed by atoms with Crippen molar-refractivity contribution in [3.63, 3.8) is 0 Å². The Kier molecular flexibility index (Phi) is 5.16. The Labute approximate surface area is 123 Å². The van der Waals surface area contributed by atoms with Crippen molar-refractivity contribution in [2.45, 2.75) is 44.8 Å². The van der Waals surface area contributed by atoms with E-state index >= 15 is 0 Å². The molecule has 21 heavy (non-hydrogen) atoms. The van der Waals surface area contributed by atoms with Crippen molar-refractivity contribution in [3.05, 3.63) is 0 Å². The lowest BCUT2D eigenvalue weighted by molar-refractivity contribution is -0.159. The van der Waals surface area contributed by atoms with E-state index in [0.717, 1.165) is 32.5 Å². The third kappa shape index (κ3) is 4.59. The van der Waals surface area contributed by atoms with E-state index in [9.17, 15) is 4.79 Å². The molecule has 0 aromatic heterocycles. The summed E-state index contributed by atoms with van der Waals surface area (Å²) in [6.45, 7) is 8.50. The van der Waals surface area contributed by atoms with Crippen molar-refractivity contribution >= 4 is 18.0 Å². The summed E-state index contributed by atoms with van der Waals surface area (Å²) in [6.07, 6.45) is 2.02. The molecule has 1 atom stereocenters. The molecule has 0 saturated carbocycles. The number of carbonyl (C=O) groups excluding carboxylic acids is 1. The molecule has 120 valence electrons. The largest absolute Gasteiger partial charge is 0.473 e. The van der Waals surface area contributed by atoms with E-state index in [4.69, 9.17) is 24.5 Å². The van der Waals surface area contributed by atoms with Gasteiger partial charge in [-0.2, -0.15) is 0 Å². The van der Waals surface area contributed by atoms with Crippen LogP contribution in [0.25, 0.3) is 0 Å². The van der Waals surface area contributed by atoms with E-state index in [2.05, 4.69) is 5.32 Å². The van der Waals surface area contributed by atoms with E-state index < -0.39 is 11.9 Å². The van der Waals surface area contributed by atoms with Gasteiger partial charge in [0, 0.05) is 13.1 Å². The number of carbonyl (C=O) groups is 3. The summed E-state index contributed by atoms with van der Waals surface area (Å²) in [4.78, 5) is 32.0. The summed E-state index contributed by atoms with van der Waals surface area (Å²) < 4.78 is 5.39. The van der Waals surface area contributed by atoms with Crippen LogP contribution in [0.2, 0.25) is 0 Å². The van der Waals surface area contributed by atoms with Crippen LogP contribution >= 0.6 is 0 Å². The van der Waals surface area contributed by atoms with Gasteiger partial charge in [-0.25, -0.2) is 14.4 Å². The van der Waals surface area contributed by atoms with Crippen LogP contribution in [-0.4, -0.2) is 63.9 Å². The standard InChI is InChI=1S/C11H20N2O2.C2H2O4/c1-10(2,3)15-9(14)13-7-5-11(13)4-6-12-8-11;3-1(4)2(5)6/h12H,4-8H2,1-3H3;(H,3,4)(H,5,6). The molecule has 0 aliphatic carbocycles. The monoisotopic (exact) mass is 302 g/mol. The summed E-state index contributed by atoms with van der Waals surface area (Å²) in [7, 11) is 0. The van der Waals surface area contributed by atoms with Crippen LogP contribution in [0.15, 0.2) is 0 Å². The molecule has 2 fully saturated rings. The molecule has 8 heteroatoms. The van der Waals surface area contributed by atoms with Gasteiger partial charge in [0.2, 0.25) is 0 Å². The summed E-state index contributed by atoms with van der Waals surface area (Å²) in [6, 6.07) is 0. The van der Waals surface area contributed by atoms with Crippen molar-refractivity contribution < 1.29 is 29.3 Å². The Balaban J connectivity index is 0.000000315. The Hall–Kier alpha value is -1.83. The molecule has 1 spiro atoms. The molecular formula is C13H22N2O6. The quantitative estimate of drug-likeness (QED) is 0.558. The number of hydrogen-bond acceptors (Lipinski definition) is 5. The predicted octanol–water partition coefficient (Wildman–Crippen LogP) is 0.515. The molecule has 2 rings (SSSR count). The van der Waals surface area contributed by atoms with Gasteiger partial charge < -0.3 is 25.2 Å². The molecule has 0 radical (unpaired) electrons. The molecule has 0 bridgehead atoms. The molecule has 0 aromatic rings. The van der Waals surface area contributed by atoms with Gasteiger partial charge in [0.15, 0.2) is 0 Å². The van der Waals surface area contributed by atoms with Crippen molar-refractivity contribution in [1.29, 1.82) is 0 Å². The number of amides is 1. The van der Waals surface area contributed by atoms with Crippen LogP contribution in [0.1, 0.15) is 33.6 Å². The number of carboxylic acid groups (broad SMARTS) is 2. The predicted molar refractivity (Wildman–Crippen MR) is 73.0 cm³/mol.